The van der Waals surface area contributed by atoms with Crippen molar-refractivity contribution in [2.75, 3.05) is 13.1 Å². The Bertz CT molecular complexity index is 703. The Balaban J connectivity index is 1.70. The number of benzene rings is 1. The summed E-state index contributed by atoms with van der Waals surface area (Å²) < 4.78 is 0. The van der Waals surface area contributed by atoms with Crippen LogP contribution in [0.1, 0.15) is 25.3 Å². The first-order valence-electron chi connectivity index (χ1n) is 8.49. The van der Waals surface area contributed by atoms with Gasteiger partial charge in [0.15, 0.2) is 6.33 Å². The Labute approximate surface area is 146 Å². The van der Waals surface area contributed by atoms with Crippen molar-refractivity contribution in [3.8, 4) is 0 Å². The summed E-state index contributed by atoms with van der Waals surface area (Å²) in [4.78, 5) is 30.0. The summed E-state index contributed by atoms with van der Waals surface area (Å²) in [5.74, 6) is -0.00399. The molecule has 0 radical (unpaired) electrons. The maximum Gasteiger partial charge on any atom is 0.246 e. The molecule has 132 valence electrons. The van der Waals surface area contributed by atoms with Crippen LogP contribution in [-0.4, -0.2) is 61.0 Å². The number of tetrazole rings is 1. The predicted octanol–water partition coefficient (Wildman–Crippen LogP) is 0.713. The minimum absolute atomic E-state index is 0.00265. The van der Waals surface area contributed by atoms with Crippen molar-refractivity contribution >= 4 is 11.8 Å². The summed E-state index contributed by atoms with van der Waals surface area (Å²) >= 11 is 0. The Morgan fingerprint density at radius 2 is 2.08 bits per heavy atom. The van der Waals surface area contributed by atoms with E-state index in [0.717, 1.165) is 12.0 Å². The summed E-state index contributed by atoms with van der Waals surface area (Å²) in [7, 11) is 0. The largest absolute Gasteiger partial charge is 0.338 e. The SMILES string of the molecule is CC[C@@H]1CN(C(=O)Cn2ncnn2)CCC(=O)N1Cc1ccccc1. The molecular weight excluding hydrogens is 320 g/mol. The lowest BCUT2D eigenvalue weighted by Gasteiger charge is -2.31. The smallest absolute Gasteiger partial charge is 0.246 e. The van der Waals surface area contributed by atoms with Gasteiger partial charge >= 0.3 is 0 Å². The number of nitrogens with zero attached hydrogens (tertiary/aromatic N) is 6. The number of aromatic nitrogens is 4. The zero-order chi connectivity index (χ0) is 17.6. The monoisotopic (exact) mass is 342 g/mol. The molecule has 1 atom stereocenters. The van der Waals surface area contributed by atoms with Crippen molar-refractivity contribution in [3.05, 3.63) is 42.2 Å². The second-order valence-corrected chi connectivity index (χ2v) is 6.13. The number of hydrogen-bond donors (Lipinski definition) is 0. The van der Waals surface area contributed by atoms with Crippen molar-refractivity contribution < 1.29 is 9.59 Å². The van der Waals surface area contributed by atoms with Gasteiger partial charge in [-0.3, -0.25) is 9.59 Å². The van der Waals surface area contributed by atoms with Gasteiger partial charge in [0.1, 0.15) is 6.54 Å². The second-order valence-electron chi connectivity index (χ2n) is 6.13. The maximum atomic E-state index is 12.6. The van der Waals surface area contributed by atoms with E-state index in [1.54, 1.807) is 4.90 Å². The van der Waals surface area contributed by atoms with E-state index in [0.29, 0.717) is 26.1 Å². The molecule has 25 heavy (non-hydrogen) atoms. The van der Waals surface area contributed by atoms with Gasteiger partial charge in [-0.2, -0.15) is 4.80 Å². The maximum absolute atomic E-state index is 12.6. The van der Waals surface area contributed by atoms with Crippen molar-refractivity contribution in [1.29, 1.82) is 0 Å². The minimum atomic E-state index is -0.0918. The highest BCUT2D eigenvalue weighted by atomic mass is 16.2. The summed E-state index contributed by atoms with van der Waals surface area (Å²) in [6, 6.07) is 9.94. The fraction of sp³-hybridized carbons (Fsp3) is 0.471. The third-order valence-electron chi connectivity index (χ3n) is 4.48. The molecule has 1 aliphatic heterocycles. The molecule has 1 fully saturated rings. The van der Waals surface area contributed by atoms with E-state index in [-0.39, 0.29) is 24.4 Å². The number of amides is 2. The quantitative estimate of drug-likeness (QED) is 0.799. The van der Waals surface area contributed by atoms with Gasteiger partial charge in [-0.25, -0.2) is 0 Å². The van der Waals surface area contributed by atoms with Crippen molar-refractivity contribution in [3.63, 3.8) is 0 Å². The molecule has 1 aromatic heterocycles. The molecule has 0 saturated carbocycles. The van der Waals surface area contributed by atoms with Crippen molar-refractivity contribution in [2.45, 2.75) is 38.9 Å². The number of rotatable bonds is 5. The highest BCUT2D eigenvalue weighted by molar-refractivity contribution is 5.80. The van der Waals surface area contributed by atoms with Crippen LogP contribution in [-0.2, 0) is 22.7 Å². The van der Waals surface area contributed by atoms with Crippen LogP contribution in [0, 0.1) is 0 Å². The van der Waals surface area contributed by atoms with Crippen LogP contribution < -0.4 is 0 Å². The fourth-order valence-corrected chi connectivity index (χ4v) is 3.08. The molecular formula is C17H22N6O2. The van der Waals surface area contributed by atoms with Gasteiger partial charge in [-0.15, -0.1) is 10.2 Å². The molecule has 1 aliphatic rings. The Morgan fingerprint density at radius 1 is 1.28 bits per heavy atom. The molecule has 2 heterocycles. The van der Waals surface area contributed by atoms with Gasteiger partial charge in [0.2, 0.25) is 11.8 Å². The standard InChI is InChI=1S/C17H22N6O2/c1-2-15-11-21(17(25)12-23-19-13-18-20-23)9-8-16(24)22(15)10-14-6-4-3-5-7-14/h3-7,13,15H,2,8-12H2,1H3/t15-/m1/s1. The molecule has 2 aromatic rings. The van der Waals surface area contributed by atoms with Gasteiger partial charge in [0.05, 0.1) is 0 Å². The number of hydrogen-bond acceptors (Lipinski definition) is 5. The summed E-state index contributed by atoms with van der Waals surface area (Å²) in [6.45, 7) is 3.62. The highest BCUT2D eigenvalue weighted by Crippen LogP contribution is 2.18. The summed E-state index contributed by atoms with van der Waals surface area (Å²) in [5, 5.41) is 11.2. The molecule has 0 bridgehead atoms. The van der Waals surface area contributed by atoms with E-state index in [1.165, 1.54) is 11.1 Å². The molecule has 0 aliphatic carbocycles. The minimum Gasteiger partial charge on any atom is -0.338 e. The van der Waals surface area contributed by atoms with E-state index < -0.39 is 0 Å². The van der Waals surface area contributed by atoms with Gasteiger partial charge in [-0.05, 0) is 17.2 Å². The lowest BCUT2D eigenvalue weighted by atomic mass is 10.1. The van der Waals surface area contributed by atoms with Crippen LogP contribution in [0.25, 0.3) is 0 Å². The first kappa shape index (κ1) is 17.1. The van der Waals surface area contributed by atoms with E-state index in [4.69, 9.17) is 0 Å². The zero-order valence-corrected chi connectivity index (χ0v) is 14.3. The van der Waals surface area contributed by atoms with Crippen LogP contribution in [0.3, 0.4) is 0 Å². The fourth-order valence-electron chi connectivity index (χ4n) is 3.08. The van der Waals surface area contributed by atoms with Crippen molar-refractivity contribution in [1.82, 2.24) is 30.0 Å². The van der Waals surface area contributed by atoms with Gasteiger partial charge in [-0.1, -0.05) is 37.3 Å². The Morgan fingerprint density at radius 3 is 2.76 bits per heavy atom. The van der Waals surface area contributed by atoms with Crippen molar-refractivity contribution in [2.24, 2.45) is 0 Å². The number of carbonyl (C=O) groups excluding carboxylic acids is 2. The molecule has 0 unspecified atom stereocenters. The van der Waals surface area contributed by atoms with E-state index in [9.17, 15) is 9.59 Å². The third kappa shape index (κ3) is 4.20. The topological polar surface area (TPSA) is 84.2 Å². The van der Waals surface area contributed by atoms with Crippen LogP contribution in [0.2, 0.25) is 0 Å². The first-order valence-corrected chi connectivity index (χ1v) is 8.49. The molecule has 2 amide bonds. The molecule has 1 aromatic carbocycles. The number of carbonyl (C=O) groups is 2. The molecule has 0 spiro atoms. The molecule has 8 heteroatoms. The average Bonchev–Trinajstić information content (AvgIpc) is 3.08. The lowest BCUT2D eigenvalue weighted by molar-refractivity contribution is -0.134. The Kier molecular flexibility index (Phi) is 5.37. The summed E-state index contributed by atoms with van der Waals surface area (Å²) in [6.07, 6.45) is 2.43. The molecule has 0 N–H and O–H groups in total. The lowest BCUT2D eigenvalue weighted by Crippen LogP contribution is -2.44. The van der Waals surface area contributed by atoms with Crippen LogP contribution in [0.15, 0.2) is 36.7 Å². The Hall–Kier alpha value is -2.77. The van der Waals surface area contributed by atoms with E-state index in [2.05, 4.69) is 15.4 Å². The molecule has 1 saturated heterocycles. The van der Waals surface area contributed by atoms with E-state index in [1.807, 2.05) is 42.2 Å². The average molecular weight is 342 g/mol. The van der Waals surface area contributed by atoms with Gasteiger partial charge in [0.25, 0.3) is 0 Å². The second kappa shape index (κ2) is 7.87. The molecule has 3 rings (SSSR count). The van der Waals surface area contributed by atoms with Crippen LogP contribution in [0.4, 0.5) is 0 Å². The summed E-state index contributed by atoms with van der Waals surface area (Å²) in [5.41, 5.74) is 1.10. The zero-order valence-electron chi connectivity index (χ0n) is 14.3. The third-order valence-corrected chi connectivity index (χ3v) is 4.48. The first-order chi connectivity index (χ1) is 12.2. The van der Waals surface area contributed by atoms with E-state index >= 15 is 0 Å². The van der Waals surface area contributed by atoms with Crippen LogP contribution in [0.5, 0.6) is 0 Å². The highest BCUT2D eigenvalue weighted by Gasteiger charge is 2.30. The predicted molar refractivity (Wildman–Crippen MR) is 90.1 cm³/mol. The van der Waals surface area contributed by atoms with Gasteiger partial charge in [0, 0.05) is 32.1 Å². The van der Waals surface area contributed by atoms with Gasteiger partial charge < -0.3 is 9.80 Å². The molecule has 8 nitrogen and oxygen atoms in total. The van der Waals surface area contributed by atoms with Crippen LogP contribution >= 0.6 is 0 Å². The normalized spacial score (nSPS) is 18.3.